The first-order valence-electron chi connectivity index (χ1n) is 7.36. The Morgan fingerprint density at radius 3 is 2.67 bits per heavy atom. The lowest BCUT2D eigenvalue weighted by molar-refractivity contribution is 0.110. The second-order valence-electron chi connectivity index (χ2n) is 5.15. The third-order valence-corrected chi connectivity index (χ3v) is 4.46. The van der Waals surface area contributed by atoms with Crippen LogP contribution in [0.2, 0.25) is 0 Å². The van der Waals surface area contributed by atoms with Gasteiger partial charge in [0, 0.05) is 22.7 Å². The van der Waals surface area contributed by atoms with Crippen LogP contribution in [-0.2, 0) is 0 Å². The average molecular weight is 332 g/mol. The molecule has 4 rings (SSSR count). The predicted octanol–water partition coefficient (Wildman–Crippen LogP) is 4.94. The lowest BCUT2D eigenvalue weighted by atomic mass is 10.1. The number of pyridine rings is 1. The number of hydrogen-bond donors (Lipinski definition) is 0. The van der Waals surface area contributed by atoms with E-state index >= 15 is 0 Å². The Bertz CT molecular complexity index is 989. The summed E-state index contributed by atoms with van der Waals surface area (Å²) in [5.41, 5.74) is 3.64. The summed E-state index contributed by atoms with van der Waals surface area (Å²) in [6, 6.07) is 17.2. The molecule has 0 atom stereocenters. The van der Waals surface area contributed by atoms with Gasteiger partial charge in [-0.3, -0.25) is 9.78 Å². The normalized spacial score (nSPS) is 10.7. The van der Waals surface area contributed by atoms with E-state index < -0.39 is 0 Å². The molecule has 1 aromatic carbocycles. The maximum absolute atomic E-state index is 10.8. The minimum atomic E-state index is 0.321. The SMILES string of the molecule is O=Cc1ccc(-c2cccc(-c3nc(-c4ccccn4)cs3)c2)o1. The summed E-state index contributed by atoms with van der Waals surface area (Å²) in [5.74, 6) is 0.988. The van der Waals surface area contributed by atoms with Crippen LogP contribution in [0.3, 0.4) is 0 Å². The van der Waals surface area contributed by atoms with Crippen LogP contribution in [0.5, 0.6) is 0 Å². The number of thiazole rings is 1. The van der Waals surface area contributed by atoms with Crippen molar-refractivity contribution in [3.8, 4) is 33.3 Å². The molecule has 0 aliphatic rings. The summed E-state index contributed by atoms with van der Waals surface area (Å²) in [7, 11) is 0. The Morgan fingerprint density at radius 1 is 0.958 bits per heavy atom. The zero-order valence-electron chi connectivity index (χ0n) is 12.5. The molecule has 0 fully saturated rings. The summed E-state index contributed by atoms with van der Waals surface area (Å²) < 4.78 is 5.49. The van der Waals surface area contributed by atoms with Crippen LogP contribution in [0.15, 0.2) is 70.6 Å². The topological polar surface area (TPSA) is 56.0 Å². The number of rotatable bonds is 4. The molecule has 3 aromatic heterocycles. The highest BCUT2D eigenvalue weighted by molar-refractivity contribution is 7.13. The minimum Gasteiger partial charge on any atom is -0.453 e. The van der Waals surface area contributed by atoms with E-state index in [1.54, 1.807) is 29.7 Å². The first-order chi connectivity index (χ1) is 11.8. The summed E-state index contributed by atoms with van der Waals surface area (Å²) in [5, 5.41) is 2.92. The van der Waals surface area contributed by atoms with Gasteiger partial charge in [0.25, 0.3) is 0 Å². The molecule has 0 amide bonds. The highest BCUT2D eigenvalue weighted by atomic mass is 32.1. The van der Waals surface area contributed by atoms with Crippen molar-refractivity contribution in [3.05, 3.63) is 71.9 Å². The summed E-state index contributed by atoms with van der Waals surface area (Å²) in [4.78, 5) is 19.8. The van der Waals surface area contributed by atoms with Gasteiger partial charge in [-0.15, -0.1) is 11.3 Å². The van der Waals surface area contributed by atoms with Gasteiger partial charge in [0.1, 0.15) is 16.5 Å². The van der Waals surface area contributed by atoms with E-state index in [0.717, 1.165) is 27.5 Å². The van der Waals surface area contributed by atoms with Gasteiger partial charge in [-0.2, -0.15) is 0 Å². The van der Waals surface area contributed by atoms with Gasteiger partial charge in [0.05, 0.1) is 5.69 Å². The van der Waals surface area contributed by atoms with Crippen molar-refractivity contribution in [2.75, 3.05) is 0 Å². The van der Waals surface area contributed by atoms with E-state index in [-0.39, 0.29) is 0 Å². The van der Waals surface area contributed by atoms with Gasteiger partial charge < -0.3 is 4.42 Å². The maximum Gasteiger partial charge on any atom is 0.185 e. The molecule has 5 heteroatoms. The van der Waals surface area contributed by atoms with Crippen LogP contribution >= 0.6 is 11.3 Å². The van der Waals surface area contributed by atoms with Crippen LogP contribution in [0.25, 0.3) is 33.3 Å². The molecule has 3 heterocycles. The third-order valence-electron chi connectivity index (χ3n) is 3.57. The van der Waals surface area contributed by atoms with Gasteiger partial charge in [-0.25, -0.2) is 4.98 Å². The second kappa shape index (κ2) is 6.22. The number of hydrogen-bond acceptors (Lipinski definition) is 5. The van der Waals surface area contributed by atoms with E-state index in [1.165, 1.54) is 0 Å². The fourth-order valence-corrected chi connectivity index (χ4v) is 3.23. The standard InChI is InChI=1S/C19H12N2O2S/c22-11-15-7-8-18(23-15)13-4-3-5-14(10-13)19-21-17(12-24-19)16-6-1-2-9-20-16/h1-12H. The Kier molecular flexibility index (Phi) is 3.76. The molecule has 0 aliphatic heterocycles. The van der Waals surface area contributed by atoms with Gasteiger partial charge in [-0.05, 0) is 30.3 Å². The molecule has 0 bridgehead atoms. The van der Waals surface area contributed by atoms with Crippen molar-refractivity contribution >= 4 is 17.6 Å². The van der Waals surface area contributed by atoms with Gasteiger partial charge in [-0.1, -0.05) is 24.3 Å². The third kappa shape index (κ3) is 2.77. The molecule has 0 radical (unpaired) electrons. The number of benzene rings is 1. The first-order valence-corrected chi connectivity index (χ1v) is 8.24. The molecule has 4 aromatic rings. The van der Waals surface area contributed by atoms with E-state index in [0.29, 0.717) is 17.8 Å². The molecule has 0 aliphatic carbocycles. The van der Waals surface area contributed by atoms with Crippen molar-refractivity contribution in [3.63, 3.8) is 0 Å². The molecule has 0 saturated carbocycles. The Hall–Kier alpha value is -3.05. The van der Waals surface area contributed by atoms with Gasteiger partial charge in [0.2, 0.25) is 0 Å². The number of carbonyl (C=O) groups excluding carboxylic acids is 1. The molecule has 0 spiro atoms. The molecular formula is C19H12N2O2S. The number of carbonyl (C=O) groups is 1. The van der Waals surface area contributed by atoms with Crippen LogP contribution in [0.4, 0.5) is 0 Å². The maximum atomic E-state index is 10.8. The van der Waals surface area contributed by atoms with E-state index in [1.807, 2.05) is 47.8 Å². The van der Waals surface area contributed by atoms with Crippen LogP contribution in [0.1, 0.15) is 10.6 Å². The first kappa shape index (κ1) is 14.5. The molecule has 0 saturated heterocycles. The summed E-state index contributed by atoms with van der Waals surface area (Å²) in [6.07, 6.45) is 2.46. The fraction of sp³-hybridized carbons (Fsp3) is 0. The Labute approximate surface area is 142 Å². The molecule has 116 valence electrons. The molecule has 0 unspecified atom stereocenters. The minimum absolute atomic E-state index is 0.321. The van der Waals surface area contributed by atoms with Crippen molar-refractivity contribution in [2.24, 2.45) is 0 Å². The van der Waals surface area contributed by atoms with Crippen molar-refractivity contribution < 1.29 is 9.21 Å². The fourth-order valence-electron chi connectivity index (χ4n) is 2.42. The number of nitrogens with zero attached hydrogens (tertiary/aromatic N) is 2. The van der Waals surface area contributed by atoms with E-state index in [4.69, 9.17) is 4.42 Å². The highest BCUT2D eigenvalue weighted by Gasteiger charge is 2.10. The lowest BCUT2D eigenvalue weighted by Crippen LogP contribution is -1.83. The van der Waals surface area contributed by atoms with Crippen molar-refractivity contribution in [1.82, 2.24) is 9.97 Å². The van der Waals surface area contributed by atoms with Crippen molar-refractivity contribution in [2.45, 2.75) is 0 Å². The smallest absolute Gasteiger partial charge is 0.185 e. The lowest BCUT2D eigenvalue weighted by Gasteiger charge is -2.00. The number of furan rings is 1. The van der Waals surface area contributed by atoms with Crippen LogP contribution in [-0.4, -0.2) is 16.3 Å². The molecule has 24 heavy (non-hydrogen) atoms. The quantitative estimate of drug-likeness (QED) is 0.496. The summed E-state index contributed by atoms with van der Waals surface area (Å²) >= 11 is 1.57. The largest absolute Gasteiger partial charge is 0.453 e. The van der Waals surface area contributed by atoms with E-state index in [9.17, 15) is 4.79 Å². The van der Waals surface area contributed by atoms with Crippen LogP contribution < -0.4 is 0 Å². The Morgan fingerprint density at radius 2 is 1.88 bits per heavy atom. The Balaban J connectivity index is 1.69. The van der Waals surface area contributed by atoms with Gasteiger partial charge in [0.15, 0.2) is 12.0 Å². The molecule has 0 N–H and O–H groups in total. The monoisotopic (exact) mass is 332 g/mol. The van der Waals surface area contributed by atoms with Crippen molar-refractivity contribution in [1.29, 1.82) is 0 Å². The second-order valence-corrected chi connectivity index (χ2v) is 6.01. The molecule has 4 nitrogen and oxygen atoms in total. The number of aromatic nitrogens is 2. The zero-order valence-corrected chi connectivity index (χ0v) is 13.4. The summed E-state index contributed by atoms with van der Waals surface area (Å²) in [6.45, 7) is 0. The zero-order chi connectivity index (χ0) is 16.4. The number of aldehydes is 1. The average Bonchev–Trinajstić information content (AvgIpc) is 3.32. The van der Waals surface area contributed by atoms with Crippen LogP contribution in [0, 0.1) is 0 Å². The highest BCUT2D eigenvalue weighted by Crippen LogP contribution is 2.31. The predicted molar refractivity (Wildman–Crippen MR) is 93.9 cm³/mol. The van der Waals surface area contributed by atoms with E-state index in [2.05, 4.69) is 9.97 Å². The molecular weight excluding hydrogens is 320 g/mol. The van der Waals surface area contributed by atoms with Gasteiger partial charge >= 0.3 is 0 Å².